The Bertz CT molecular complexity index is 1220. The molecule has 154 valence electrons. The van der Waals surface area contributed by atoms with Crippen LogP contribution in [0.3, 0.4) is 0 Å². The maximum absolute atomic E-state index is 12.4. The minimum atomic E-state index is -0.0524. The molecule has 0 aliphatic heterocycles. The first-order chi connectivity index (χ1) is 14.5. The highest BCUT2D eigenvalue weighted by molar-refractivity contribution is 7.98. The number of aromatic nitrogens is 5. The van der Waals surface area contributed by atoms with Gasteiger partial charge in [0.25, 0.3) is 5.78 Å². The Morgan fingerprint density at radius 1 is 1.20 bits per heavy atom. The number of anilines is 2. The summed E-state index contributed by atoms with van der Waals surface area (Å²) in [5.74, 6) is 1.17. The molecule has 3 aromatic heterocycles. The van der Waals surface area contributed by atoms with Gasteiger partial charge in [-0.1, -0.05) is 36.9 Å². The lowest BCUT2D eigenvalue weighted by molar-refractivity contribution is -0.115. The zero-order chi connectivity index (χ0) is 21.3. The maximum atomic E-state index is 12.4. The number of fused-ring (bicyclic) bond motifs is 1. The molecule has 0 radical (unpaired) electrons. The highest BCUT2D eigenvalue weighted by atomic mass is 32.2. The van der Waals surface area contributed by atoms with Crippen LogP contribution in [-0.2, 0) is 17.0 Å². The molecule has 7 nitrogen and oxygen atoms in total. The monoisotopic (exact) mass is 438 g/mol. The average molecular weight is 439 g/mol. The lowest BCUT2D eigenvalue weighted by Gasteiger charge is -2.20. The Morgan fingerprint density at radius 3 is 2.77 bits per heavy atom. The lowest BCUT2D eigenvalue weighted by atomic mass is 10.1. The summed E-state index contributed by atoms with van der Waals surface area (Å²) in [6, 6.07) is 9.93. The van der Waals surface area contributed by atoms with Crippen LogP contribution in [0.15, 0.2) is 40.9 Å². The highest BCUT2D eigenvalue weighted by Crippen LogP contribution is 2.33. The van der Waals surface area contributed by atoms with E-state index in [-0.39, 0.29) is 5.91 Å². The number of thioether (sulfide) groups is 1. The molecule has 1 aromatic carbocycles. The highest BCUT2D eigenvalue weighted by Gasteiger charge is 2.20. The van der Waals surface area contributed by atoms with E-state index in [9.17, 15) is 4.79 Å². The topological polar surface area (TPSA) is 76.3 Å². The summed E-state index contributed by atoms with van der Waals surface area (Å²) in [5, 5.41) is 7.84. The van der Waals surface area contributed by atoms with Crippen molar-refractivity contribution in [2.45, 2.75) is 45.0 Å². The van der Waals surface area contributed by atoms with Gasteiger partial charge >= 0.3 is 0 Å². The first-order valence-electron chi connectivity index (χ1n) is 9.63. The van der Waals surface area contributed by atoms with Gasteiger partial charge in [-0.05, 0) is 38.0 Å². The Morgan fingerprint density at radius 2 is 2.00 bits per heavy atom. The summed E-state index contributed by atoms with van der Waals surface area (Å²) in [5.41, 5.74) is 4.81. The summed E-state index contributed by atoms with van der Waals surface area (Å²) >= 11 is 2.98. The Kier molecular flexibility index (Phi) is 5.83. The van der Waals surface area contributed by atoms with Crippen LogP contribution in [0.5, 0.6) is 0 Å². The Balaban J connectivity index is 1.55. The number of rotatable bonds is 6. The molecular formula is C21H22N6OS2. The number of amides is 1. The standard InChI is InChI=1S/C21H22N6OS2/c1-5-16-8-6-7-9-18(16)26(15(4)28)21-23-17(12-30-21)11-29-20-24-19-22-13(2)10-14(3)27(19)25-20/h6-10,12H,5,11H2,1-4H3. The van der Waals surface area contributed by atoms with Crippen LogP contribution >= 0.6 is 23.1 Å². The fourth-order valence-corrected chi connectivity index (χ4v) is 4.94. The van der Waals surface area contributed by atoms with Crippen LogP contribution in [-0.4, -0.2) is 30.5 Å². The number of carbonyl (C=O) groups excluding carboxylic acids is 1. The molecule has 0 saturated heterocycles. The zero-order valence-corrected chi connectivity index (χ0v) is 18.9. The van der Waals surface area contributed by atoms with Gasteiger partial charge in [0.15, 0.2) is 5.13 Å². The van der Waals surface area contributed by atoms with Gasteiger partial charge in [-0.2, -0.15) is 4.98 Å². The van der Waals surface area contributed by atoms with E-state index in [0.717, 1.165) is 34.8 Å². The fourth-order valence-electron chi connectivity index (χ4n) is 3.25. The van der Waals surface area contributed by atoms with Crippen molar-refractivity contribution in [2.75, 3.05) is 4.90 Å². The first kappa shape index (κ1) is 20.5. The zero-order valence-electron chi connectivity index (χ0n) is 17.3. The molecular weight excluding hydrogens is 416 g/mol. The summed E-state index contributed by atoms with van der Waals surface area (Å²) in [6.45, 7) is 7.59. The van der Waals surface area contributed by atoms with Crippen LogP contribution in [0.1, 0.15) is 36.5 Å². The predicted octanol–water partition coefficient (Wildman–Crippen LogP) is 4.74. The van der Waals surface area contributed by atoms with Crippen molar-refractivity contribution in [1.82, 2.24) is 24.6 Å². The van der Waals surface area contributed by atoms with Crippen LogP contribution < -0.4 is 4.90 Å². The van der Waals surface area contributed by atoms with E-state index in [1.807, 2.05) is 49.6 Å². The van der Waals surface area contributed by atoms with Crippen LogP contribution in [0.2, 0.25) is 0 Å². The molecule has 4 rings (SSSR count). The molecule has 4 aromatic rings. The van der Waals surface area contributed by atoms with E-state index in [0.29, 0.717) is 21.8 Å². The van der Waals surface area contributed by atoms with E-state index in [2.05, 4.69) is 22.0 Å². The Hall–Kier alpha value is -2.78. The number of para-hydroxylation sites is 1. The van der Waals surface area contributed by atoms with Crippen molar-refractivity contribution in [3.05, 3.63) is 58.4 Å². The van der Waals surface area contributed by atoms with Crippen LogP contribution in [0, 0.1) is 13.8 Å². The van der Waals surface area contributed by atoms with Gasteiger partial charge in [0.05, 0.1) is 11.4 Å². The smallest absolute Gasteiger partial charge is 0.253 e. The van der Waals surface area contributed by atoms with E-state index in [1.54, 1.807) is 16.3 Å². The van der Waals surface area contributed by atoms with Crippen molar-refractivity contribution >= 4 is 45.6 Å². The summed E-state index contributed by atoms with van der Waals surface area (Å²) in [6.07, 6.45) is 0.848. The predicted molar refractivity (Wildman–Crippen MR) is 121 cm³/mol. The van der Waals surface area contributed by atoms with Gasteiger partial charge in [0, 0.05) is 29.4 Å². The normalized spacial score (nSPS) is 11.2. The summed E-state index contributed by atoms with van der Waals surface area (Å²) in [7, 11) is 0. The number of thiazole rings is 1. The van der Waals surface area contributed by atoms with Gasteiger partial charge in [-0.3, -0.25) is 9.69 Å². The largest absolute Gasteiger partial charge is 0.274 e. The van der Waals surface area contributed by atoms with Gasteiger partial charge in [-0.15, -0.1) is 16.4 Å². The van der Waals surface area contributed by atoms with Crippen molar-refractivity contribution in [3.63, 3.8) is 0 Å². The lowest BCUT2D eigenvalue weighted by Crippen LogP contribution is -2.23. The quantitative estimate of drug-likeness (QED) is 0.405. The molecule has 0 atom stereocenters. The molecule has 0 spiro atoms. The third-order valence-corrected chi connectivity index (χ3v) is 6.35. The molecule has 0 unspecified atom stereocenters. The van der Waals surface area contributed by atoms with Crippen molar-refractivity contribution in [3.8, 4) is 0 Å². The van der Waals surface area contributed by atoms with E-state index in [4.69, 9.17) is 4.98 Å². The van der Waals surface area contributed by atoms with Crippen LogP contribution in [0.25, 0.3) is 5.78 Å². The molecule has 3 heterocycles. The van der Waals surface area contributed by atoms with Gasteiger partial charge < -0.3 is 0 Å². The molecule has 0 saturated carbocycles. The fraction of sp³-hybridized carbons (Fsp3) is 0.286. The van der Waals surface area contributed by atoms with Gasteiger partial charge in [0.1, 0.15) is 0 Å². The second kappa shape index (κ2) is 8.53. The third-order valence-electron chi connectivity index (χ3n) is 4.61. The van der Waals surface area contributed by atoms with E-state index >= 15 is 0 Å². The van der Waals surface area contributed by atoms with E-state index < -0.39 is 0 Å². The number of benzene rings is 1. The molecule has 0 N–H and O–H groups in total. The number of aryl methyl sites for hydroxylation is 3. The average Bonchev–Trinajstić information content (AvgIpc) is 3.33. The van der Waals surface area contributed by atoms with Crippen molar-refractivity contribution in [2.24, 2.45) is 0 Å². The van der Waals surface area contributed by atoms with Crippen LogP contribution in [0.4, 0.5) is 10.8 Å². The molecule has 9 heteroatoms. The first-order valence-corrected chi connectivity index (χ1v) is 11.5. The second-order valence-corrected chi connectivity index (χ2v) is 8.67. The SMILES string of the molecule is CCc1ccccc1N(C(C)=O)c1nc(CSc2nc3nc(C)cc(C)n3n2)cs1. The number of carbonyl (C=O) groups is 1. The summed E-state index contributed by atoms with van der Waals surface area (Å²) < 4.78 is 1.75. The number of hydrogen-bond acceptors (Lipinski definition) is 7. The molecule has 30 heavy (non-hydrogen) atoms. The van der Waals surface area contributed by atoms with Crippen molar-refractivity contribution in [1.29, 1.82) is 0 Å². The maximum Gasteiger partial charge on any atom is 0.253 e. The minimum Gasteiger partial charge on any atom is -0.274 e. The molecule has 0 aliphatic carbocycles. The number of nitrogens with zero attached hydrogens (tertiary/aromatic N) is 6. The molecule has 0 aliphatic rings. The molecule has 1 amide bonds. The summed E-state index contributed by atoms with van der Waals surface area (Å²) in [4.78, 5) is 27.8. The minimum absolute atomic E-state index is 0.0524. The van der Waals surface area contributed by atoms with Gasteiger partial charge in [0.2, 0.25) is 11.1 Å². The second-order valence-electron chi connectivity index (χ2n) is 6.89. The van der Waals surface area contributed by atoms with Gasteiger partial charge in [-0.25, -0.2) is 14.5 Å². The third kappa shape index (κ3) is 4.08. The molecule has 0 fully saturated rings. The van der Waals surface area contributed by atoms with Crippen molar-refractivity contribution < 1.29 is 4.79 Å². The number of hydrogen-bond donors (Lipinski definition) is 0. The molecule has 0 bridgehead atoms. The Labute approximate surface area is 183 Å². The van der Waals surface area contributed by atoms with E-state index in [1.165, 1.54) is 23.1 Å².